The van der Waals surface area contributed by atoms with Crippen molar-refractivity contribution in [2.75, 3.05) is 6.54 Å². The van der Waals surface area contributed by atoms with Crippen LogP contribution in [0, 0.1) is 13.8 Å². The second kappa shape index (κ2) is 4.67. The maximum absolute atomic E-state index is 12.2. The lowest BCUT2D eigenvalue weighted by Gasteiger charge is -2.16. The standard InChI is InChI=1S/C14H20N2OS/c1-9-7-12(18-10(9)2)8-16-6-5-13(14(16)17)15-11-3-4-11/h7,11,13,15H,3-6,8H2,1-2H3. The van der Waals surface area contributed by atoms with E-state index < -0.39 is 0 Å². The van der Waals surface area contributed by atoms with Crippen LogP contribution >= 0.6 is 11.3 Å². The molecule has 0 spiro atoms. The van der Waals surface area contributed by atoms with Crippen molar-refractivity contribution in [3.8, 4) is 0 Å². The van der Waals surface area contributed by atoms with Gasteiger partial charge in [-0.15, -0.1) is 11.3 Å². The highest BCUT2D eigenvalue weighted by atomic mass is 32.1. The summed E-state index contributed by atoms with van der Waals surface area (Å²) in [5, 5.41) is 3.45. The number of amides is 1. The summed E-state index contributed by atoms with van der Waals surface area (Å²) in [5.74, 6) is 0.297. The number of nitrogens with zero attached hydrogens (tertiary/aromatic N) is 1. The molecule has 1 amide bonds. The number of aryl methyl sites for hydroxylation is 2. The van der Waals surface area contributed by atoms with Crippen molar-refractivity contribution in [3.05, 3.63) is 21.4 Å². The fourth-order valence-corrected chi connectivity index (χ4v) is 3.57. The van der Waals surface area contributed by atoms with Crippen LogP contribution in [0.4, 0.5) is 0 Å². The van der Waals surface area contributed by atoms with E-state index in [-0.39, 0.29) is 6.04 Å². The molecule has 3 nitrogen and oxygen atoms in total. The Labute approximate surface area is 112 Å². The van der Waals surface area contributed by atoms with Gasteiger partial charge in [0.2, 0.25) is 5.91 Å². The molecule has 1 aromatic rings. The van der Waals surface area contributed by atoms with Crippen molar-refractivity contribution in [3.63, 3.8) is 0 Å². The highest BCUT2D eigenvalue weighted by molar-refractivity contribution is 7.12. The number of nitrogens with one attached hydrogen (secondary N) is 1. The van der Waals surface area contributed by atoms with Crippen LogP contribution < -0.4 is 5.32 Å². The van der Waals surface area contributed by atoms with Crippen LogP contribution in [0.1, 0.15) is 34.6 Å². The van der Waals surface area contributed by atoms with Crippen LogP contribution in [-0.4, -0.2) is 29.4 Å². The second-order valence-electron chi connectivity index (χ2n) is 5.49. The molecule has 1 atom stereocenters. The fraction of sp³-hybridized carbons (Fsp3) is 0.643. The minimum absolute atomic E-state index is 0.0830. The van der Waals surface area contributed by atoms with Crippen LogP contribution in [-0.2, 0) is 11.3 Å². The summed E-state index contributed by atoms with van der Waals surface area (Å²) < 4.78 is 0. The molecule has 1 unspecified atom stereocenters. The second-order valence-corrected chi connectivity index (χ2v) is 6.83. The lowest BCUT2D eigenvalue weighted by Crippen LogP contribution is -2.39. The molecule has 4 heteroatoms. The summed E-state index contributed by atoms with van der Waals surface area (Å²) in [6, 6.07) is 2.92. The largest absolute Gasteiger partial charge is 0.336 e. The van der Waals surface area contributed by atoms with Crippen LogP contribution in [0.3, 0.4) is 0 Å². The molecule has 2 fully saturated rings. The van der Waals surface area contributed by atoms with E-state index in [1.54, 1.807) is 0 Å². The van der Waals surface area contributed by atoms with Gasteiger partial charge in [0.1, 0.15) is 0 Å². The Bertz CT molecular complexity index is 445. The molecule has 0 bridgehead atoms. The van der Waals surface area contributed by atoms with Crippen LogP contribution in [0.5, 0.6) is 0 Å². The van der Waals surface area contributed by atoms with Gasteiger partial charge in [0.25, 0.3) is 0 Å². The smallest absolute Gasteiger partial charge is 0.240 e. The lowest BCUT2D eigenvalue weighted by atomic mass is 10.2. The molecular formula is C14H20N2OS. The predicted molar refractivity (Wildman–Crippen MR) is 73.8 cm³/mol. The van der Waals surface area contributed by atoms with Gasteiger partial charge in [-0.05, 0) is 44.7 Å². The van der Waals surface area contributed by atoms with E-state index in [1.165, 1.54) is 28.2 Å². The molecule has 1 N–H and O–H groups in total. The Kier molecular flexibility index (Phi) is 3.16. The van der Waals surface area contributed by atoms with Gasteiger partial charge in [-0.2, -0.15) is 0 Å². The van der Waals surface area contributed by atoms with Crippen LogP contribution in [0.25, 0.3) is 0 Å². The maximum Gasteiger partial charge on any atom is 0.240 e. The number of hydrogen-bond acceptors (Lipinski definition) is 3. The minimum Gasteiger partial charge on any atom is -0.336 e. The van der Waals surface area contributed by atoms with Crippen molar-refractivity contribution in [1.82, 2.24) is 10.2 Å². The summed E-state index contributed by atoms with van der Waals surface area (Å²) in [7, 11) is 0. The molecule has 1 aliphatic heterocycles. The van der Waals surface area contributed by atoms with Crippen molar-refractivity contribution in [2.24, 2.45) is 0 Å². The molecule has 2 heterocycles. The van der Waals surface area contributed by atoms with Gasteiger partial charge in [-0.25, -0.2) is 0 Å². The first-order valence-corrected chi connectivity index (χ1v) is 7.56. The molecule has 0 aromatic carbocycles. The number of likely N-dealkylation sites (tertiary alicyclic amines) is 1. The molecule has 1 saturated carbocycles. The summed E-state index contributed by atoms with van der Waals surface area (Å²) in [6.45, 7) is 5.98. The number of rotatable bonds is 4. The lowest BCUT2D eigenvalue weighted by molar-refractivity contribution is -0.129. The normalized spacial score (nSPS) is 24.0. The Morgan fingerprint density at radius 3 is 2.78 bits per heavy atom. The topological polar surface area (TPSA) is 32.3 Å². The van der Waals surface area contributed by atoms with E-state index in [1.807, 2.05) is 16.2 Å². The highest BCUT2D eigenvalue weighted by Gasteiger charge is 2.35. The Morgan fingerprint density at radius 1 is 1.39 bits per heavy atom. The van der Waals surface area contributed by atoms with E-state index in [4.69, 9.17) is 0 Å². The summed E-state index contributed by atoms with van der Waals surface area (Å²) in [6.07, 6.45) is 3.46. The zero-order valence-electron chi connectivity index (χ0n) is 11.0. The third-order valence-corrected chi connectivity index (χ3v) is 5.01. The molecule has 98 valence electrons. The zero-order valence-corrected chi connectivity index (χ0v) is 11.8. The van der Waals surface area contributed by atoms with Crippen LogP contribution in [0.2, 0.25) is 0 Å². The SMILES string of the molecule is Cc1cc(CN2CCC(NC3CC3)C2=O)sc1C. The molecular weight excluding hydrogens is 244 g/mol. The Hall–Kier alpha value is -0.870. The van der Waals surface area contributed by atoms with Gasteiger partial charge in [0.05, 0.1) is 12.6 Å². The molecule has 0 radical (unpaired) electrons. The highest BCUT2D eigenvalue weighted by Crippen LogP contribution is 2.26. The van der Waals surface area contributed by atoms with Gasteiger partial charge in [0.15, 0.2) is 0 Å². The van der Waals surface area contributed by atoms with E-state index in [2.05, 4.69) is 25.2 Å². The first-order valence-electron chi connectivity index (χ1n) is 6.74. The number of carbonyl (C=O) groups is 1. The quantitative estimate of drug-likeness (QED) is 0.904. The third kappa shape index (κ3) is 2.45. The molecule has 3 rings (SSSR count). The van der Waals surface area contributed by atoms with Crippen molar-refractivity contribution < 1.29 is 4.79 Å². The van der Waals surface area contributed by atoms with Gasteiger partial charge in [-0.1, -0.05) is 0 Å². The first-order chi connectivity index (χ1) is 8.63. The average Bonchev–Trinajstić information content (AvgIpc) is 3.01. The Morgan fingerprint density at radius 2 is 2.17 bits per heavy atom. The summed E-state index contributed by atoms with van der Waals surface area (Å²) in [4.78, 5) is 16.9. The van der Waals surface area contributed by atoms with Crippen molar-refractivity contribution in [1.29, 1.82) is 0 Å². The number of thiophene rings is 1. The third-order valence-electron chi connectivity index (χ3n) is 3.88. The monoisotopic (exact) mass is 264 g/mol. The summed E-state index contributed by atoms with van der Waals surface area (Å²) >= 11 is 1.82. The van der Waals surface area contributed by atoms with E-state index in [9.17, 15) is 4.79 Å². The van der Waals surface area contributed by atoms with E-state index in [0.717, 1.165) is 19.5 Å². The van der Waals surface area contributed by atoms with Gasteiger partial charge < -0.3 is 10.2 Å². The van der Waals surface area contributed by atoms with Gasteiger partial charge in [-0.3, -0.25) is 4.79 Å². The van der Waals surface area contributed by atoms with Crippen LogP contribution in [0.15, 0.2) is 6.07 Å². The van der Waals surface area contributed by atoms with Gasteiger partial charge >= 0.3 is 0 Å². The average molecular weight is 264 g/mol. The maximum atomic E-state index is 12.2. The van der Waals surface area contributed by atoms with Crippen molar-refractivity contribution in [2.45, 2.75) is 51.7 Å². The minimum atomic E-state index is 0.0830. The van der Waals surface area contributed by atoms with Crippen molar-refractivity contribution >= 4 is 17.2 Å². The van der Waals surface area contributed by atoms with E-state index >= 15 is 0 Å². The van der Waals surface area contributed by atoms with Gasteiger partial charge in [0, 0.05) is 22.3 Å². The molecule has 1 saturated heterocycles. The summed E-state index contributed by atoms with van der Waals surface area (Å²) in [5.41, 5.74) is 1.34. The number of hydrogen-bond donors (Lipinski definition) is 1. The zero-order chi connectivity index (χ0) is 12.7. The molecule has 2 aliphatic rings. The molecule has 1 aromatic heterocycles. The molecule has 1 aliphatic carbocycles. The molecule has 18 heavy (non-hydrogen) atoms. The predicted octanol–water partition coefficient (Wildman–Crippen LogP) is 2.22. The van der Waals surface area contributed by atoms with E-state index in [0.29, 0.717) is 11.9 Å². The fourth-order valence-electron chi connectivity index (χ4n) is 2.50. The number of carbonyl (C=O) groups excluding carboxylic acids is 1. The first kappa shape index (κ1) is 12.2. The Balaban J connectivity index is 1.61.